The van der Waals surface area contributed by atoms with E-state index in [0.717, 1.165) is 5.82 Å². The van der Waals surface area contributed by atoms with E-state index >= 15 is 0 Å². The minimum absolute atomic E-state index is 0.469. The lowest BCUT2D eigenvalue weighted by molar-refractivity contribution is 0.466. The average Bonchev–Trinajstić information content (AvgIpc) is 2.54. The van der Waals surface area contributed by atoms with E-state index in [1.807, 2.05) is 0 Å². The van der Waals surface area contributed by atoms with Crippen molar-refractivity contribution >= 4 is 0 Å². The van der Waals surface area contributed by atoms with Crippen LogP contribution in [0.3, 0.4) is 0 Å². The van der Waals surface area contributed by atoms with Gasteiger partial charge in [-0.2, -0.15) is 0 Å². The van der Waals surface area contributed by atoms with Crippen LogP contribution in [0.25, 0.3) is 0 Å². The first-order valence-electron chi connectivity index (χ1n) is 8.97. The zero-order valence-corrected chi connectivity index (χ0v) is 13.3. The molecule has 0 bridgehead atoms. The third-order valence-electron chi connectivity index (χ3n) is 4.64. The van der Waals surface area contributed by atoms with Crippen molar-refractivity contribution in [3.8, 4) is 0 Å². The van der Waals surface area contributed by atoms with Gasteiger partial charge in [0.1, 0.15) is 0 Å². The van der Waals surface area contributed by atoms with E-state index in [0.29, 0.717) is 5.92 Å². The van der Waals surface area contributed by atoms with Crippen molar-refractivity contribution in [3.05, 3.63) is 12.2 Å². The van der Waals surface area contributed by atoms with E-state index in [-0.39, 0.29) is 0 Å². The molecule has 0 N–H and O–H groups in total. The second-order valence-electron chi connectivity index (χ2n) is 6.42. The van der Waals surface area contributed by atoms with Gasteiger partial charge in [0.05, 0.1) is 0 Å². The molecular weight excluding hydrogens is 260 g/mol. The fourth-order valence-electron chi connectivity index (χ4n) is 3.33. The molecular formula is C17H30N4. The highest BCUT2D eigenvalue weighted by atomic mass is 15.3. The molecule has 4 nitrogen and oxygen atoms in total. The Hall–Kier alpha value is -1.06. The minimum Gasteiger partial charge on any atom is -0.135 e. The summed E-state index contributed by atoms with van der Waals surface area (Å²) in [6, 6.07) is 0. The smallest absolute Gasteiger partial charge is 0.135 e. The highest BCUT2D eigenvalue weighted by Crippen LogP contribution is 2.26. The largest absolute Gasteiger partial charge is 0.176 e. The Morgan fingerprint density at radius 3 is 1.38 bits per heavy atom. The molecule has 2 rings (SSSR count). The van der Waals surface area contributed by atoms with Crippen LogP contribution >= 0.6 is 0 Å². The van der Waals surface area contributed by atoms with E-state index in [1.54, 1.807) is 0 Å². The van der Waals surface area contributed by atoms with Crippen molar-refractivity contribution in [2.45, 2.75) is 95.8 Å². The Balaban J connectivity index is 1.83. The molecule has 1 fully saturated rings. The lowest BCUT2D eigenvalue weighted by Gasteiger charge is -2.14. The maximum absolute atomic E-state index is 4.20. The van der Waals surface area contributed by atoms with E-state index < -0.39 is 0 Å². The van der Waals surface area contributed by atoms with Crippen LogP contribution in [0, 0.1) is 0 Å². The second kappa shape index (κ2) is 10.6. The molecule has 1 aliphatic carbocycles. The van der Waals surface area contributed by atoms with Crippen LogP contribution in [-0.4, -0.2) is 20.4 Å². The molecule has 0 atom stereocenters. The average molecular weight is 290 g/mol. The van der Waals surface area contributed by atoms with Crippen molar-refractivity contribution in [1.82, 2.24) is 20.4 Å². The Morgan fingerprint density at radius 2 is 0.952 bits per heavy atom. The summed E-state index contributed by atoms with van der Waals surface area (Å²) in [7, 11) is 0. The SMILES string of the molecule is c1nnc(C2CCCCCCCCCCCCCC2)nn1. The molecule has 1 heterocycles. The summed E-state index contributed by atoms with van der Waals surface area (Å²) in [6.07, 6.45) is 20.5. The molecule has 0 aliphatic heterocycles. The standard InChI is InChI=1S/C17H30N4/c1-2-4-6-8-10-12-14-16(13-11-9-7-5-3-1)17-20-18-15-19-21-17/h15-16H,1-14H2. The van der Waals surface area contributed by atoms with Gasteiger partial charge in [0, 0.05) is 5.92 Å². The fourth-order valence-corrected chi connectivity index (χ4v) is 3.33. The summed E-state index contributed by atoms with van der Waals surface area (Å²) < 4.78 is 0. The molecule has 1 aromatic heterocycles. The first-order valence-corrected chi connectivity index (χ1v) is 8.97. The molecule has 1 aliphatic rings. The van der Waals surface area contributed by atoms with Gasteiger partial charge in [-0.1, -0.05) is 77.0 Å². The van der Waals surface area contributed by atoms with Gasteiger partial charge in [0.2, 0.25) is 0 Å². The Bertz CT molecular complexity index is 339. The number of hydrogen-bond donors (Lipinski definition) is 0. The fraction of sp³-hybridized carbons (Fsp3) is 0.882. The van der Waals surface area contributed by atoms with Gasteiger partial charge in [-0.3, -0.25) is 0 Å². The van der Waals surface area contributed by atoms with Gasteiger partial charge < -0.3 is 0 Å². The zero-order valence-electron chi connectivity index (χ0n) is 13.3. The summed E-state index contributed by atoms with van der Waals surface area (Å²) >= 11 is 0. The molecule has 0 spiro atoms. The Labute approximate surface area is 129 Å². The summed E-state index contributed by atoms with van der Waals surface area (Å²) in [5, 5.41) is 16.2. The van der Waals surface area contributed by atoms with Gasteiger partial charge in [-0.15, -0.1) is 20.4 Å². The van der Waals surface area contributed by atoms with Gasteiger partial charge in [-0.25, -0.2) is 0 Å². The minimum atomic E-state index is 0.469. The Kier molecular flexibility index (Phi) is 8.26. The molecule has 1 saturated carbocycles. The van der Waals surface area contributed by atoms with E-state index in [4.69, 9.17) is 0 Å². The molecule has 0 aromatic carbocycles. The van der Waals surface area contributed by atoms with Crippen molar-refractivity contribution in [3.63, 3.8) is 0 Å². The van der Waals surface area contributed by atoms with Crippen LogP contribution in [-0.2, 0) is 0 Å². The van der Waals surface area contributed by atoms with E-state index in [2.05, 4.69) is 20.4 Å². The van der Waals surface area contributed by atoms with Crippen molar-refractivity contribution in [2.24, 2.45) is 0 Å². The van der Waals surface area contributed by atoms with Gasteiger partial charge in [-0.05, 0) is 12.8 Å². The van der Waals surface area contributed by atoms with Crippen molar-refractivity contribution < 1.29 is 0 Å². The molecule has 0 amide bonds. The predicted molar refractivity (Wildman–Crippen MR) is 85.0 cm³/mol. The molecule has 0 unspecified atom stereocenters. The maximum atomic E-state index is 4.20. The van der Waals surface area contributed by atoms with Crippen LogP contribution < -0.4 is 0 Å². The molecule has 118 valence electrons. The first kappa shape index (κ1) is 16.3. The third-order valence-corrected chi connectivity index (χ3v) is 4.64. The monoisotopic (exact) mass is 290 g/mol. The van der Waals surface area contributed by atoms with Crippen LogP contribution in [0.1, 0.15) is 102 Å². The van der Waals surface area contributed by atoms with Crippen molar-refractivity contribution in [2.75, 3.05) is 0 Å². The molecule has 0 saturated heterocycles. The highest BCUT2D eigenvalue weighted by molar-refractivity contribution is 4.90. The Morgan fingerprint density at radius 1 is 0.571 bits per heavy atom. The number of rotatable bonds is 1. The number of nitrogens with zero attached hydrogens (tertiary/aromatic N) is 4. The van der Waals surface area contributed by atoms with Crippen LogP contribution in [0.5, 0.6) is 0 Å². The topological polar surface area (TPSA) is 51.6 Å². The number of hydrogen-bond acceptors (Lipinski definition) is 4. The highest BCUT2D eigenvalue weighted by Gasteiger charge is 2.15. The van der Waals surface area contributed by atoms with Crippen LogP contribution in [0.2, 0.25) is 0 Å². The van der Waals surface area contributed by atoms with E-state index in [1.165, 1.54) is 96.2 Å². The van der Waals surface area contributed by atoms with Crippen LogP contribution in [0.4, 0.5) is 0 Å². The summed E-state index contributed by atoms with van der Waals surface area (Å²) in [6.45, 7) is 0. The molecule has 1 aromatic rings. The van der Waals surface area contributed by atoms with Gasteiger partial charge >= 0.3 is 0 Å². The lowest BCUT2D eigenvalue weighted by Crippen LogP contribution is -2.07. The predicted octanol–water partition coefficient (Wildman–Crippen LogP) is 4.83. The summed E-state index contributed by atoms with van der Waals surface area (Å²) in [5.74, 6) is 1.33. The maximum Gasteiger partial charge on any atom is 0.176 e. The van der Waals surface area contributed by atoms with Gasteiger partial charge in [0.25, 0.3) is 0 Å². The normalized spacial score (nSPS) is 21.3. The van der Waals surface area contributed by atoms with E-state index in [9.17, 15) is 0 Å². The molecule has 0 radical (unpaired) electrons. The molecule has 4 heteroatoms. The first-order chi connectivity index (χ1) is 10.5. The molecule has 21 heavy (non-hydrogen) atoms. The summed E-state index contributed by atoms with van der Waals surface area (Å²) in [4.78, 5) is 0. The van der Waals surface area contributed by atoms with Crippen LogP contribution in [0.15, 0.2) is 6.33 Å². The zero-order chi connectivity index (χ0) is 14.6. The third kappa shape index (κ3) is 6.96. The quantitative estimate of drug-likeness (QED) is 0.743. The number of aromatic nitrogens is 4. The summed E-state index contributed by atoms with van der Waals surface area (Å²) in [5.41, 5.74) is 0. The van der Waals surface area contributed by atoms with Gasteiger partial charge in [0.15, 0.2) is 12.2 Å². The second-order valence-corrected chi connectivity index (χ2v) is 6.42. The van der Waals surface area contributed by atoms with Crippen molar-refractivity contribution in [1.29, 1.82) is 0 Å². The lowest BCUT2D eigenvalue weighted by atomic mass is 9.94.